The molecule has 22 nitrogen and oxygen atoms in total. The van der Waals surface area contributed by atoms with Crippen LogP contribution in [0.5, 0.6) is 11.5 Å². The summed E-state index contributed by atoms with van der Waals surface area (Å²) in [6, 6.07) is 16.8. The zero-order valence-corrected chi connectivity index (χ0v) is 40.7. The molecular formula is C47H49ClN6O16S2. The summed E-state index contributed by atoms with van der Waals surface area (Å²) in [7, 11) is -3.72. The first kappa shape index (κ1) is 52.9. The van der Waals surface area contributed by atoms with Gasteiger partial charge < -0.3 is 45.1 Å². The summed E-state index contributed by atoms with van der Waals surface area (Å²) in [6.45, 7) is -0.0280. The van der Waals surface area contributed by atoms with Crippen LogP contribution in [0.25, 0.3) is 10.4 Å². The van der Waals surface area contributed by atoms with Crippen molar-refractivity contribution >= 4 is 91.7 Å². The van der Waals surface area contributed by atoms with Gasteiger partial charge in [0.1, 0.15) is 16.8 Å². The number of amides is 6. The van der Waals surface area contributed by atoms with Crippen LogP contribution in [0, 0.1) is 0 Å². The number of carbonyl (C=O) groups is 8. The molecule has 1 atom stereocenters. The number of hydrogen-bond acceptors (Lipinski definition) is 16. The van der Waals surface area contributed by atoms with Crippen molar-refractivity contribution in [2.45, 2.75) is 49.9 Å². The minimum absolute atomic E-state index is 0.000298. The number of nitrogens with zero attached hydrogens (tertiary/aromatic N) is 2. The van der Waals surface area contributed by atoms with E-state index in [2.05, 4.69) is 21.3 Å². The van der Waals surface area contributed by atoms with Gasteiger partial charge >= 0.3 is 11.9 Å². The van der Waals surface area contributed by atoms with E-state index in [-0.39, 0.29) is 116 Å². The summed E-state index contributed by atoms with van der Waals surface area (Å²) in [5, 5.41) is 29.6. The van der Waals surface area contributed by atoms with Crippen LogP contribution in [0.15, 0.2) is 66.7 Å². The quantitative estimate of drug-likeness (QED) is 0.0432. The van der Waals surface area contributed by atoms with Gasteiger partial charge in [0.2, 0.25) is 27.7 Å². The van der Waals surface area contributed by atoms with Gasteiger partial charge in [-0.05, 0) is 66.8 Å². The monoisotopic (exact) mass is 1050 g/mol. The first-order chi connectivity index (χ1) is 34.5. The highest BCUT2D eigenvalue weighted by Crippen LogP contribution is 2.46. The molecule has 1 aromatic heterocycles. The topological polar surface area (TPSA) is 303 Å². The first-order valence-electron chi connectivity index (χ1n) is 22.5. The molecular weight excluding hydrogens is 1000 g/mol. The largest absolute Gasteiger partial charge is 0.483 e. The molecule has 3 aromatic carbocycles. The highest BCUT2D eigenvalue weighted by Gasteiger charge is 2.46. The third-order valence-corrected chi connectivity index (χ3v) is 15.0. The lowest BCUT2D eigenvalue weighted by Crippen LogP contribution is -2.54. The maximum atomic E-state index is 13.5. The fraction of sp³-hybridized carbons (Fsp3) is 0.362. The Morgan fingerprint density at radius 1 is 0.819 bits per heavy atom. The molecule has 2 fully saturated rings. The van der Waals surface area contributed by atoms with Crippen LogP contribution >= 0.6 is 22.9 Å². The van der Waals surface area contributed by atoms with Gasteiger partial charge in [0.25, 0.3) is 17.7 Å². The minimum Gasteiger partial charge on any atom is -0.483 e. The number of carboxylic acids is 2. The molecule has 382 valence electrons. The van der Waals surface area contributed by atoms with Gasteiger partial charge in [0.05, 0.1) is 54.6 Å². The number of imide groups is 2. The molecule has 4 heterocycles. The van der Waals surface area contributed by atoms with Crippen LogP contribution < -0.4 is 30.7 Å². The van der Waals surface area contributed by atoms with E-state index < -0.39 is 70.8 Å². The number of aliphatic carboxylic acids is 1. The number of fused-ring (bicyclic) bond motifs is 1. The fourth-order valence-electron chi connectivity index (χ4n) is 8.06. The number of hydrogen-bond donors (Lipinski definition) is 6. The second-order valence-corrected chi connectivity index (χ2v) is 19.9. The van der Waals surface area contributed by atoms with Crippen molar-refractivity contribution in [3.8, 4) is 21.9 Å². The van der Waals surface area contributed by atoms with Gasteiger partial charge in [-0.2, -0.15) is 0 Å². The van der Waals surface area contributed by atoms with Crippen LogP contribution in [0.1, 0.15) is 68.1 Å². The fourth-order valence-corrected chi connectivity index (χ4v) is 11.0. The zero-order chi connectivity index (χ0) is 51.5. The van der Waals surface area contributed by atoms with Gasteiger partial charge in [0, 0.05) is 43.5 Å². The highest BCUT2D eigenvalue weighted by molar-refractivity contribution is 7.88. The molecule has 0 saturated carbocycles. The number of aromatic carboxylic acids is 1. The number of nitrogens with one attached hydrogen (secondary N) is 4. The number of benzene rings is 3. The predicted octanol–water partition coefficient (Wildman–Crippen LogP) is 3.59. The zero-order valence-electron chi connectivity index (χ0n) is 38.3. The standard InChI is InChI=1S/C47H49ClN6O16S2/c48-40-41(70-25-38(58)59)43(47(63)64)71-42(40)28-5-2-7-31(23-28)50-29-12-16-53(17-13-29)72(65,66)26-27-4-1-6-30(22-27)51-36(56)14-18-67-20-21-68-19-15-49-37(57)24-69-34-9-3-8-32-39(34)46(62)54(45(32)61)33-10-11-35(55)52-44(33)60/h1-9,22-23,29,33,50H,10-21,24-26H2,(H,49,57)(H,51,56)(H,58,59)(H,63,64)(H,52,55,60). The van der Waals surface area contributed by atoms with Crippen molar-refractivity contribution in [2.75, 3.05) is 69.9 Å². The summed E-state index contributed by atoms with van der Waals surface area (Å²) in [6.07, 6.45) is 1.01. The second-order valence-electron chi connectivity index (χ2n) is 16.5. The van der Waals surface area contributed by atoms with Crippen molar-refractivity contribution in [3.05, 3.63) is 93.3 Å². The Labute approximate surface area is 420 Å². The van der Waals surface area contributed by atoms with Crippen molar-refractivity contribution in [1.29, 1.82) is 0 Å². The Kier molecular flexibility index (Phi) is 17.6. The molecule has 3 aliphatic heterocycles. The van der Waals surface area contributed by atoms with E-state index in [1.54, 1.807) is 42.5 Å². The average molecular weight is 1050 g/mol. The summed E-state index contributed by atoms with van der Waals surface area (Å²) in [5.41, 5.74) is 2.15. The smallest absolute Gasteiger partial charge is 0.349 e. The lowest BCUT2D eigenvalue weighted by molar-refractivity contribution is -0.139. The third kappa shape index (κ3) is 13.3. The van der Waals surface area contributed by atoms with Crippen molar-refractivity contribution in [2.24, 2.45) is 0 Å². The normalized spacial score (nSPS) is 16.2. The Balaban J connectivity index is 0.760. The molecule has 4 aromatic rings. The van der Waals surface area contributed by atoms with E-state index in [0.29, 0.717) is 40.2 Å². The van der Waals surface area contributed by atoms with Crippen molar-refractivity contribution in [3.63, 3.8) is 0 Å². The highest BCUT2D eigenvalue weighted by atomic mass is 35.5. The molecule has 6 amide bonds. The first-order valence-corrected chi connectivity index (χ1v) is 25.3. The van der Waals surface area contributed by atoms with Gasteiger partial charge in [-0.3, -0.25) is 39.0 Å². The van der Waals surface area contributed by atoms with E-state index in [9.17, 15) is 51.9 Å². The molecule has 1 unspecified atom stereocenters. The van der Waals surface area contributed by atoms with E-state index in [0.717, 1.165) is 16.2 Å². The molecule has 6 N–H and O–H groups in total. The molecule has 0 radical (unpaired) electrons. The number of thiophene rings is 1. The van der Waals surface area contributed by atoms with Crippen LogP contribution in [-0.4, -0.2) is 147 Å². The molecule has 7 rings (SSSR count). The number of halogens is 1. The molecule has 72 heavy (non-hydrogen) atoms. The molecule has 0 aliphatic carbocycles. The number of carbonyl (C=O) groups excluding carboxylic acids is 6. The number of rotatable bonds is 24. The maximum absolute atomic E-state index is 13.5. The van der Waals surface area contributed by atoms with E-state index >= 15 is 0 Å². The van der Waals surface area contributed by atoms with Gasteiger partial charge in [-0.25, -0.2) is 22.3 Å². The lowest BCUT2D eigenvalue weighted by atomic mass is 10.0. The van der Waals surface area contributed by atoms with E-state index in [1.165, 1.54) is 22.5 Å². The Morgan fingerprint density at radius 3 is 2.28 bits per heavy atom. The Bertz CT molecular complexity index is 2870. The van der Waals surface area contributed by atoms with E-state index in [4.69, 9.17) is 35.7 Å². The predicted molar refractivity (Wildman–Crippen MR) is 259 cm³/mol. The molecule has 0 bridgehead atoms. The van der Waals surface area contributed by atoms with Crippen LogP contribution in [0.2, 0.25) is 5.02 Å². The van der Waals surface area contributed by atoms with E-state index in [1.807, 2.05) is 6.07 Å². The maximum Gasteiger partial charge on any atom is 0.349 e. The molecule has 25 heteroatoms. The molecule has 2 saturated heterocycles. The lowest BCUT2D eigenvalue weighted by Gasteiger charge is -2.32. The number of sulfonamides is 1. The third-order valence-electron chi connectivity index (χ3n) is 11.4. The van der Waals surface area contributed by atoms with Gasteiger partial charge in [-0.1, -0.05) is 41.9 Å². The summed E-state index contributed by atoms with van der Waals surface area (Å²) in [4.78, 5) is 99.1. The summed E-state index contributed by atoms with van der Waals surface area (Å²) in [5.74, 6) is -6.64. The Morgan fingerprint density at radius 2 is 1.54 bits per heavy atom. The van der Waals surface area contributed by atoms with Crippen LogP contribution in [0.3, 0.4) is 0 Å². The molecule has 3 aliphatic rings. The number of piperidine rings is 2. The van der Waals surface area contributed by atoms with Crippen LogP contribution in [-0.2, 0) is 49.2 Å². The number of carboxylic acid groups (broad SMARTS) is 2. The van der Waals surface area contributed by atoms with Crippen LogP contribution in [0.4, 0.5) is 11.4 Å². The number of anilines is 2. The SMILES string of the molecule is O=C(O)COc1c(C(=O)O)sc(-c2cccc(NC3CCN(S(=O)(=O)Cc4cccc(NC(=O)CCOCCOCCNC(=O)COc5cccc6c5C(=O)N(C5CCC(=O)NC5=O)C6=O)c4)CC3)c2)c1Cl. The van der Waals surface area contributed by atoms with Gasteiger partial charge in [0.15, 0.2) is 23.8 Å². The van der Waals surface area contributed by atoms with Crippen molar-refractivity contribution in [1.82, 2.24) is 19.8 Å². The number of ether oxygens (including phenoxy) is 4. The van der Waals surface area contributed by atoms with Crippen molar-refractivity contribution < 1.29 is 75.9 Å². The average Bonchev–Trinajstić information content (AvgIpc) is 3.81. The second kappa shape index (κ2) is 24.0. The summed E-state index contributed by atoms with van der Waals surface area (Å²) < 4.78 is 50.1. The Hall–Kier alpha value is -6.96. The van der Waals surface area contributed by atoms with Gasteiger partial charge in [-0.15, -0.1) is 11.3 Å². The minimum atomic E-state index is -3.72. The molecule has 0 spiro atoms. The summed E-state index contributed by atoms with van der Waals surface area (Å²) >= 11 is 7.33.